The zero-order chi connectivity index (χ0) is 15.6. The lowest BCUT2D eigenvalue weighted by Gasteiger charge is -2.11. The molecule has 0 aliphatic rings. The molecule has 0 atom stereocenters. The first-order valence-electron chi connectivity index (χ1n) is 5.65. The van der Waals surface area contributed by atoms with Crippen LogP contribution in [-0.4, -0.2) is 15.5 Å². The predicted octanol–water partition coefficient (Wildman–Crippen LogP) is 4.16. The van der Waals surface area contributed by atoms with Crippen LogP contribution in [0.3, 0.4) is 0 Å². The van der Waals surface area contributed by atoms with E-state index in [1.54, 1.807) is 12.1 Å². The Morgan fingerprint density at radius 2 is 1.86 bits per heavy atom. The summed E-state index contributed by atoms with van der Waals surface area (Å²) in [6.45, 7) is 0. The lowest BCUT2D eigenvalue weighted by atomic mass is 10.3. The normalized spacial score (nSPS) is 11.2. The Labute approximate surface area is 138 Å². The molecule has 0 amide bonds. The summed E-state index contributed by atoms with van der Waals surface area (Å²) in [5, 5.41) is 0. The second-order valence-corrected chi connectivity index (χ2v) is 7.45. The van der Waals surface area contributed by atoms with Gasteiger partial charge in [0.2, 0.25) is 0 Å². The van der Waals surface area contributed by atoms with Crippen molar-refractivity contribution in [3.63, 3.8) is 0 Å². The number of ether oxygens (including phenoxy) is 1. The summed E-state index contributed by atoms with van der Waals surface area (Å²) in [5.74, 6) is -0.358. The molecule has 0 radical (unpaired) electrons. The highest BCUT2D eigenvalue weighted by Gasteiger charge is 2.20. The van der Waals surface area contributed by atoms with Crippen LogP contribution in [0.15, 0.2) is 50.2 Å². The maximum atomic E-state index is 13.8. The molecule has 0 saturated heterocycles. The summed E-state index contributed by atoms with van der Waals surface area (Å²) in [6, 6.07) is 8.54. The summed E-state index contributed by atoms with van der Waals surface area (Å²) in [4.78, 5) is -0.430. The number of hydrogen-bond acceptors (Lipinski definition) is 3. The van der Waals surface area contributed by atoms with Gasteiger partial charge in [-0.1, -0.05) is 15.9 Å². The summed E-state index contributed by atoms with van der Waals surface area (Å²) in [6.07, 6.45) is 0. The van der Waals surface area contributed by atoms with Crippen molar-refractivity contribution in [3.8, 4) is 5.75 Å². The highest BCUT2D eigenvalue weighted by molar-refractivity contribution is 9.10. The number of benzene rings is 2. The van der Waals surface area contributed by atoms with Crippen molar-refractivity contribution >= 4 is 47.6 Å². The molecule has 2 aromatic rings. The fourth-order valence-electron chi connectivity index (χ4n) is 1.60. The molecular weight excluding hydrogens is 429 g/mol. The first-order valence-corrected chi connectivity index (χ1v) is 8.72. The van der Waals surface area contributed by atoms with Crippen LogP contribution in [-0.2, 0) is 10.0 Å². The van der Waals surface area contributed by atoms with Crippen molar-refractivity contribution in [1.29, 1.82) is 0 Å². The van der Waals surface area contributed by atoms with Crippen LogP contribution in [0.5, 0.6) is 5.75 Å². The molecule has 0 bridgehead atoms. The van der Waals surface area contributed by atoms with E-state index in [0.29, 0.717) is 14.7 Å². The average Bonchev–Trinajstić information content (AvgIpc) is 2.40. The van der Waals surface area contributed by atoms with Crippen LogP contribution < -0.4 is 9.46 Å². The van der Waals surface area contributed by atoms with E-state index < -0.39 is 20.7 Å². The van der Waals surface area contributed by atoms with E-state index in [1.165, 1.54) is 25.3 Å². The molecule has 2 aromatic carbocycles. The maximum absolute atomic E-state index is 13.8. The number of rotatable bonds is 4. The lowest BCUT2D eigenvalue weighted by Crippen LogP contribution is -2.15. The monoisotopic (exact) mass is 437 g/mol. The average molecular weight is 439 g/mol. The van der Waals surface area contributed by atoms with Crippen LogP contribution in [0.25, 0.3) is 0 Å². The van der Waals surface area contributed by atoms with Gasteiger partial charge in [-0.25, -0.2) is 12.8 Å². The number of sulfonamides is 1. The third-order valence-corrected chi connectivity index (χ3v) is 5.18. The summed E-state index contributed by atoms with van der Waals surface area (Å²) in [7, 11) is -2.57. The third kappa shape index (κ3) is 3.75. The van der Waals surface area contributed by atoms with Crippen LogP contribution in [0.2, 0.25) is 0 Å². The predicted molar refractivity (Wildman–Crippen MR) is 85.6 cm³/mol. The van der Waals surface area contributed by atoms with Crippen molar-refractivity contribution in [2.24, 2.45) is 0 Å². The van der Waals surface area contributed by atoms with E-state index >= 15 is 0 Å². The zero-order valence-corrected chi connectivity index (χ0v) is 14.7. The molecule has 0 fully saturated rings. The van der Waals surface area contributed by atoms with E-state index in [1.807, 2.05) is 0 Å². The largest absolute Gasteiger partial charge is 0.497 e. The highest BCUT2D eigenvalue weighted by atomic mass is 79.9. The van der Waals surface area contributed by atoms with Gasteiger partial charge in [-0.15, -0.1) is 0 Å². The number of hydrogen-bond donors (Lipinski definition) is 1. The fraction of sp³-hybridized carbons (Fsp3) is 0.0769. The zero-order valence-electron chi connectivity index (χ0n) is 10.7. The molecule has 8 heteroatoms. The van der Waals surface area contributed by atoms with Gasteiger partial charge in [0.05, 0.1) is 12.8 Å². The second kappa shape index (κ2) is 6.33. The SMILES string of the molecule is COc1ccc(Br)c(NS(=O)(=O)c2ccc(Br)cc2F)c1. The molecular formula is C13H10Br2FNO3S. The molecule has 0 aliphatic carbocycles. The first kappa shape index (κ1) is 16.3. The molecule has 1 N–H and O–H groups in total. The quantitative estimate of drug-likeness (QED) is 0.779. The van der Waals surface area contributed by atoms with Crippen LogP contribution in [0, 0.1) is 5.82 Å². The van der Waals surface area contributed by atoms with E-state index in [9.17, 15) is 12.8 Å². The Bertz CT molecular complexity index is 781. The van der Waals surface area contributed by atoms with Crippen molar-refractivity contribution in [3.05, 3.63) is 51.2 Å². The smallest absolute Gasteiger partial charge is 0.264 e. The molecule has 21 heavy (non-hydrogen) atoms. The molecule has 4 nitrogen and oxygen atoms in total. The highest BCUT2D eigenvalue weighted by Crippen LogP contribution is 2.30. The minimum atomic E-state index is -4.04. The standard InChI is InChI=1S/C13H10Br2FNO3S/c1-20-9-3-4-10(15)12(7-9)17-21(18,19)13-5-2-8(14)6-11(13)16/h2-7,17H,1H3. The number of methoxy groups -OCH3 is 1. The van der Waals surface area contributed by atoms with Gasteiger partial charge >= 0.3 is 0 Å². The van der Waals surface area contributed by atoms with E-state index in [-0.39, 0.29) is 5.69 Å². The number of anilines is 1. The minimum absolute atomic E-state index is 0.261. The van der Waals surface area contributed by atoms with Gasteiger partial charge in [-0.3, -0.25) is 4.72 Å². The Kier molecular flexibility index (Phi) is 4.90. The van der Waals surface area contributed by atoms with Gasteiger partial charge in [-0.2, -0.15) is 0 Å². The molecule has 0 heterocycles. The molecule has 0 saturated carbocycles. The lowest BCUT2D eigenvalue weighted by molar-refractivity contribution is 0.415. The van der Waals surface area contributed by atoms with Gasteiger partial charge in [-0.05, 0) is 46.3 Å². The molecule has 0 spiro atoms. The number of nitrogens with one attached hydrogen (secondary N) is 1. The Morgan fingerprint density at radius 1 is 1.14 bits per heavy atom. The fourth-order valence-corrected chi connectivity index (χ4v) is 3.54. The molecule has 112 valence electrons. The Balaban J connectivity index is 2.42. The van der Waals surface area contributed by atoms with Gasteiger partial charge in [0.1, 0.15) is 16.5 Å². The van der Waals surface area contributed by atoms with E-state index in [4.69, 9.17) is 4.74 Å². The van der Waals surface area contributed by atoms with Crippen LogP contribution >= 0.6 is 31.9 Å². The van der Waals surface area contributed by atoms with Crippen molar-refractivity contribution in [2.75, 3.05) is 11.8 Å². The van der Waals surface area contributed by atoms with Gasteiger partial charge < -0.3 is 4.74 Å². The van der Waals surface area contributed by atoms with Crippen molar-refractivity contribution in [1.82, 2.24) is 0 Å². The van der Waals surface area contributed by atoms with Gasteiger partial charge in [0, 0.05) is 15.0 Å². The van der Waals surface area contributed by atoms with Crippen LogP contribution in [0.1, 0.15) is 0 Å². The molecule has 0 aliphatic heterocycles. The summed E-state index contributed by atoms with van der Waals surface area (Å²) >= 11 is 6.31. The van der Waals surface area contributed by atoms with Crippen molar-refractivity contribution in [2.45, 2.75) is 4.90 Å². The molecule has 2 rings (SSSR count). The maximum Gasteiger partial charge on any atom is 0.264 e. The van der Waals surface area contributed by atoms with Crippen LogP contribution in [0.4, 0.5) is 10.1 Å². The van der Waals surface area contributed by atoms with E-state index in [0.717, 1.165) is 6.07 Å². The molecule has 0 aromatic heterocycles. The van der Waals surface area contributed by atoms with Gasteiger partial charge in [0.25, 0.3) is 10.0 Å². The Morgan fingerprint density at radius 3 is 2.48 bits per heavy atom. The minimum Gasteiger partial charge on any atom is -0.497 e. The Hall–Kier alpha value is -1.12. The third-order valence-electron chi connectivity index (χ3n) is 2.60. The molecule has 0 unspecified atom stereocenters. The van der Waals surface area contributed by atoms with Gasteiger partial charge in [0.15, 0.2) is 0 Å². The first-order chi connectivity index (χ1) is 9.83. The van der Waals surface area contributed by atoms with Crippen molar-refractivity contribution < 1.29 is 17.5 Å². The second-order valence-electron chi connectivity index (χ2n) is 4.03. The van der Waals surface area contributed by atoms with E-state index in [2.05, 4.69) is 36.6 Å². The topological polar surface area (TPSA) is 55.4 Å². The summed E-state index contributed by atoms with van der Waals surface area (Å²) in [5.41, 5.74) is 0.261. The number of halogens is 3. The summed E-state index contributed by atoms with van der Waals surface area (Å²) < 4.78 is 46.7.